The average Bonchev–Trinajstić information content (AvgIpc) is 3.20. The Labute approximate surface area is 168 Å². The molecule has 1 heterocycles. The minimum absolute atomic E-state index is 0.0758. The zero-order valence-electron chi connectivity index (χ0n) is 16.7. The molecule has 0 radical (unpaired) electrons. The number of anilines is 1. The zero-order valence-corrected chi connectivity index (χ0v) is 16.7. The predicted octanol–water partition coefficient (Wildman–Crippen LogP) is 2.81. The van der Waals surface area contributed by atoms with Crippen LogP contribution >= 0.6 is 0 Å². The van der Waals surface area contributed by atoms with Crippen molar-refractivity contribution in [1.82, 2.24) is 5.32 Å². The first kappa shape index (κ1) is 21.9. The molecule has 0 aliphatic heterocycles. The third-order valence-corrected chi connectivity index (χ3v) is 4.10. The second kappa shape index (κ2) is 9.68. The fraction of sp³-hybridized carbons (Fsp3) is 0.333. The standard InChI is InChI=1S/C21H24N2O6/c1-12(2)18(23-20(26)17-6-5-11-28-17)21(27)29-13(3)19(25)15-7-9-16(10-8-15)22-14(4)24/h5-13,18H,1-4H3,(H,22,24)(H,23,26)/t13-,18+/m1/s1. The summed E-state index contributed by atoms with van der Waals surface area (Å²) in [5.74, 6) is -2.06. The van der Waals surface area contributed by atoms with E-state index in [9.17, 15) is 19.2 Å². The maximum atomic E-state index is 12.5. The van der Waals surface area contributed by atoms with E-state index < -0.39 is 29.8 Å². The number of benzene rings is 1. The van der Waals surface area contributed by atoms with Crippen molar-refractivity contribution in [2.75, 3.05) is 5.32 Å². The van der Waals surface area contributed by atoms with Crippen molar-refractivity contribution in [3.8, 4) is 0 Å². The molecule has 1 aromatic heterocycles. The van der Waals surface area contributed by atoms with Crippen LogP contribution in [0, 0.1) is 5.92 Å². The van der Waals surface area contributed by atoms with E-state index in [0.29, 0.717) is 11.3 Å². The number of amides is 2. The Morgan fingerprint density at radius 1 is 1.00 bits per heavy atom. The lowest BCUT2D eigenvalue weighted by Gasteiger charge is -2.22. The molecule has 8 heteroatoms. The van der Waals surface area contributed by atoms with Crippen LogP contribution in [0.25, 0.3) is 0 Å². The van der Waals surface area contributed by atoms with Gasteiger partial charge in [-0.05, 0) is 49.2 Å². The molecule has 0 unspecified atom stereocenters. The third kappa shape index (κ3) is 6.03. The summed E-state index contributed by atoms with van der Waals surface area (Å²) in [7, 11) is 0. The summed E-state index contributed by atoms with van der Waals surface area (Å²) in [6, 6.07) is 8.36. The van der Waals surface area contributed by atoms with E-state index in [2.05, 4.69) is 10.6 Å². The van der Waals surface area contributed by atoms with Gasteiger partial charge < -0.3 is 19.8 Å². The van der Waals surface area contributed by atoms with Gasteiger partial charge in [-0.15, -0.1) is 0 Å². The molecule has 1 aromatic carbocycles. The van der Waals surface area contributed by atoms with Crippen LogP contribution < -0.4 is 10.6 Å². The van der Waals surface area contributed by atoms with Crippen LogP contribution in [0.1, 0.15) is 48.6 Å². The van der Waals surface area contributed by atoms with Crippen LogP contribution in [0.5, 0.6) is 0 Å². The largest absolute Gasteiger partial charge is 0.459 e. The minimum Gasteiger partial charge on any atom is -0.459 e. The second-order valence-corrected chi connectivity index (χ2v) is 6.87. The Bertz CT molecular complexity index is 871. The van der Waals surface area contributed by atoms with E-state index in [1.807, 2.05) is 0 Å². The van der Waals surface area contributed by atoms with Crippen LogP contribution in [-0.2, 0) is 14.3 Å². The van der Waals surface area contributed by atoms with E-state index in [1.54, 1.807) is 32.0 Å². The lowest BCUT2D eigenvalue weighted by molar-refractivity contribution is -0.149. The third-order valence-electron chi connectivity index (χ3n) is 4.10. The number of ether oxygens (including phenoxy) is 1. The average molecular weight is 400 g/mol. The fourth-order valence-electron chi connectivity index (χ4n) is 2.57. The first-order valence-electron chi connectivity index (χ1n) is 9.15. The molecule has 0 aliphatic rings. The van der Waals surface area contributed by atoms with Crippen LogP contribution in [-0.4, -0.2) is 35.7 Å². The van der Waals surface area contributed by atoms with Crippen LogP contribution in [0.15, 0.2) is 47.1 Å². The van der Waals surface area contributed by atoms with Crippen molar-refractivity contribution in [3.05, 3.63) is 54.0 Å². The smallest absolute Gasteiger partial charge is 0.329 e. The molecule has 0 spiro atoms. The molecule has 0 saturated heterocycles. The second-order valence-electron chi connectivity index (χ2n) is 6.87. The molecule has 2 aromatic rings. The zero-order chi connectivity index (χ0) is 21.6. The van der Waals surface area contributed by atoms with Gasteiger partial charge >= 0.3 is 5.97 Å². The van der Waals surface area contributed by atoms with Crippen LogP contribution in [0.4, 0.5) is 5.69 Å². The van der Waals surface area contributed by atoms with Crippen molar-refractivity contribution in [3.63, 3.8) is 0 Å². The van der Waals surface area contributed by atoms with Gasteiger partial charge in [0.2, 0.25) is 11.7 Å². The number of ketones is 1. The van der Waals surface area contributed by atoms with E-state index in [0.717, 1.165) is 0 Å². The molecule has 154 valence electrons. The molecule has 2 amide bonds. The summed E-state index contributed by atoms with van der Waals surface area (Å²) >= 11 is 0. The van der Waals surface area contributed by atoms with Crippen molar-refractivity contribution in [2.24, 2.45) is 5.92 Å². The summed E-state index contributed by atoms with van der Waals surface area (Å²) in [6.07, 6.45) is 0.311. The van der Waals surface area contributed by atoms with Crippen LogP contribution in [0.3, 0.4) is 0 Å². The van der Waals surface area contributed by atoms with Gasteiger partial charge in [0.15, 0.2) is 11.9 Å². The number of carbonyl (C=O) groups is 4. The van der Waals surface area contributed by atoms with Gasteiger partial charge in [-0.25, -0.2) is 4.79 Å². The molecule has 0 bridgehead atoms. The van der Waals surface area contributed by atoms with Gasteiger partial charge in [-0.1, -0.05) is 13.8 Å². The maximum absolute atomic E-state index is 12.5. The predicted molar refractivity (Wildman–Crippen MR) is 105 cm³/mol. The van der Waals surface area contributed by atoms with Crippen molar-refractivity contribution >= 4 is 29.3 Å². The lowest BCUT2D eigenvalue weighted by Crippen LogP contribution is -2.46. The van der Waals surface area contributed by atoms with E-state index >= 15 is 0 Å². The number of carbonyl (C=O) groups excluding carboxylic acids is 4. The maximum Gasteiger partial charge on any atom is 0.329 e. The highest BCUT2D eigenvalue weighted by molar-refractivity contribution is 6.01. The van der Waals surface area contributed by atoms with Crippen molar-refractivity contribution in [2.45, 2.75) is 39.8 Å². The topological polar surface area (TPSA) is 115 Å². The van der Waals surface area contributed by atoms with Gasteiger partial charge in [-0.2, -0.15) is 0 Å². The van der Waals surface area contributed by atoms with Crippen LogP contribution in [0.2, 0.25) is 0 Å². The Morgan fingerprint density at radius 2 is 1.66 bits per heavy atom. The normalized spacial score (nSPS) is 12.7. The molecule has 2 N–H and O–H groups in total. The van der Waals surface area contributed by atoms with E-state index in [-0.39, 0.29) is 17.6 Å². The number of Topliss-reactive ketones (excluding diaryl/α,β-unsaturated/α-hetero) is 1. The van der Waals surface area contributed by atoms with Gasteiger partial charge in [0, 0.05) is 18.2 Å². The molecule has 8 nitrogen and oxygen atoms in total. The Balaban J connectivity index is 2.01. The molecular formula is C21H24N2O6. The lowest BCUT2D eigenvalue weighted by atomic mass is 10.0. The first-order valence-corrected chi connectivity index (χ1v) is 9.15. The summed E-state index contributed by atoms with van der Waals surface area (Å²) in [6.45, 7) is 6.35. The summed E-state index contributed by atoms with van der Waals surface area (Å²) in [5, 5.41) is 5.18. The van der Waals surface area contributed by atoms with Gasteiger partial charge in [0.25, 0.3) is 5.91 Å². The Morgan fingerprint density at radius 3 is 2.17 bits per heavy atom. The Hall–Kier alpha value is -3.42. The van der Waals surface area contributed by atoms with Gasteiger partial charge in [0.1, 0.15) is 6.04 Å². The molecular weight excluding hydrogens is 376 g/mol. The highest BCUT2D eigenvalue weighted by atomic mass is 16.5. The van der Waals surface area contributed by atoms with Crippen molar-refractivity contribution < 1.29 is 28.3 Å². The number of hydrogen-bond acceptors (Lipinski definition) is 6. The van der Waals surface area contributed by atoms with Gasteiger partial charge in [-0.3, -0.25) is 14.4 Å². The highest BCUT2D eigenvalue weighted by Crippen LogP contribution is 2.14. The first-order chi connectivity index (χ1) is 13.7. The van der Waals surface area contributed by atoms with E-state index in [1.165, 1.54) is 38.3 Å². The molecule has 2 rings (SSSR count). The van der Waals surface area contributed by atoms with Gasteiger partial charge in [0.05, 0.1) is 6.26 Å². The fourth-order valence-corrected chi connectivity index (χ4v) is 2.57. The summed E-state index contributed by atoms with van der Waals surface area (Å²) in [4.78, 5) is 48.3. The van der Waals surface area contributed by atoms with E-state index in [4.69, 9.17) is 9.15 Å². The molecule has 0 aliphatic carbocycles. The SMILES string of the molecule is CC(=O)Nc1ccc(C(=O)[C@@H](C)OC(=O)[C@@H](NC(=O)c2ccco2)C(C)C)cc1. The summed E-state index contributed by atoms with van der Waals surface area (Å²) < 4.78 is 10.3. The number of furan rings is 1. The number of esters is 1. The molecule has 2 atom stereocenters. The number of nitrogens with one attached hydrogen (secondary N) is 2. The summed E-state index contributed by atoms with van der Waals surface area (Å²) in [5.41, 5.74) is 0.888. The monoisotopic (exact) mass is 400 g/mol. The number of hydrogen-bond donors (Lipinski definition) is 2. The highest BCUT2D eigenvalue weighted by Gasteiger charge is 2.30. The molecule has 0 saturated carbocycles. The minimum atomic E-state index is -1.05. The quantitative estimate of drug-likeness (QED) is 0.520. The van der Waals surface area contributed by atoms with Crippen molar-refractivity contribution in [1.29, 1.82) is 0 Å². The Kier molecular flexibility index (Phi) is 7.30. The number of rotatable bonds is 8. The molecule has 0 fully saturated rings. The molecule has 29 heavy (non-hydrogen) atoms.